The van der Waals surface area contributed by atoms with Crippen molar-refractivity contribution in [1.82, 2.24) is 24.7 Å². The molecule has 0 saturated carbocycles. The van der Waals surface area contributed by atoms with Crippen molar-refractivity contribution in [2.75, 3.05) is 36.0 Å². The van der Waals surface area contributed by atoms with Gasteiger partial charge in [-0.3, -0.25) is 4.98 Å². The Hall–Kier alpha value is -2.67. The molecule has 2 saturated heterocycles. The molecule has 132 valence electrons. The third-order valence-corrected chi connectivity index (χ3v) is 5.57. The predicted molar refractivity (Wildman–Crippen MR) is 99.8 cm³/mol. The van der Waals surface area contributed by atoms with Gasteiger partial charge in [0.1, 0.15) is 12.1 Å². The van der Waals surface area contributed by atoms with Gasteiger partial charge in [0, 0.05) is 68.9 Å². The van der Waals surface area contributed by atoms with Crippen LogP contribution in [-0.2, 0) is 0 Å². The first-order valence-electron chi connectivity index (χ1n) is 8.69. The molecule has 0 radical (unpaired) electrons. The van der Waals surface area contributed by atoms with E-state index in [1.807, 2.05) is 24.4 Å². The number of hydrogen-bond acceptors (Lipinski definition) is 6. The minimum atomic E-state index is 0.613. The fraction of sp³-hybridized carbons (Fsp3) is 0.333. The maximum absolute atomic E-state index is 6.31. The van der Waals surface area contributed by atoms with Crippen LogP contribution in [0.15, 0.2) is 49.3 Å². The van der Waals surface area contributed by atoms with Gasteiger partial charge in [0.15, 0.2) is 5.82 Å². The van der Waals surface area contributed by atoms with E-state index in [0.29, 0.717) is 11.8 Å². The third kappa shape index (κ3) is 2.68. The Bertz CT molecular complexity index is 899. The number of rotatable bonds is 3. The van der Waals surface area contributed by atoms with Gasteiger partial charge in [0.05, 0.1) is 10.7 Å². The molecular formula is C18H18ClN7. The molecular weight excluding hydrogens is 350 g/mol. The average Bonchev–Trinajstić information content (AvgIpc) is 3.38. The summed E-state index contributed by atoms with van der Waals surface area (Å²) in [4.78, 5) is 17.6. The molecule has 2 atom stereocenters. The van der Waals surface area contributed by atoms with Gasteiger partial charge in [0.25, 0.3) is 0 Å². The molecule has 0 amide bonds. The molecule has 2 aliphatic rings. The molecule has 2 unspecified atom stereocenters. The van der Waals surface area contributed by atoms with E-state index in [0.717, 1.165) is 48.5 Å². The van der Waals surface area contributed by atoms with Crippen LogP contribution in [0.25, 0.3) is 5.82 Å². The molecule has 2 fully saturated rings. The van der Waals surface area contributed by atoms with Crippen molar-refractivity contribution in [3.63, 3.8) is 0 Å². The molecule has 0 N–H and O–H groups in total. The standard InChI is InChI=1S/C18H18ClN7/c19-15-7-20-4-2-16(15)24-8-13-10-25(11-14(13)9-24)17-6-18(22-12-21-17)26-5-1-3-23-26/h1-7,12-14H,8-11H2. The van der Waals surface area contributed by atoms with Crippen LogP contribution in [0, 0.1) is 11.8 Å². The highest BCUT2D eigenvalue weighted by atomic mass is 35.5. The average molecular weight is 368 g/mol. The largest absolute Gasteiger partial charge is 0.370 e. The van der Waals surface area contributed by atoms with Crippen LogP contribution in [0.5, 0.6) is 0 Å². The second-order valence-electron chi connectivity index (χ2n) is 6.84. The van der Waals surface area contributed by atoms with Crippen LogP contribution >= 0.6 is 11.6 Å². The molecule has 0 aromatic carbocycles. The number of nitrogens with zero attached hydrogens (tertiary/aromatic N) is 7. The Morgan fingerprint density at radius 1 is 0.962 bits per heavy atom. The molecule has 7 nitrogen and oxygen atoms in total. The lowest BCUT2D eigenvalue weighted by molar-refractivity contribution is 0.533. The topological polar surface area (TPSA) is 63.0 Å². The van der Waals surface area contributed by atoms with E-state index in [2.05, 4.69) is 29.9 Å². The van der Waals surface area contributed by atoms with Crippen molar-refractivity contribution in [1.29, 1.82) is 0 Å². The van der Waals surface area contributed by atoms with Crippen LogP contribution in [0.3, 0.4) is 0 Å². The van der Waals surface area contributed by atoms with Crippen molar-refractivity contribution in [3.05, 3.63) is 54.3 Å². The maximum atomic E-state index is 6.31. The maximum Gasteiger partial charge on any atom is 0.158 e. The third-order valence-electron chi connectivity index (χ3n) is 5.28. The Kier molecular flexibility index (Phi) is 3.74. The van der Waals surface area contributed by atoms with Crippen LogP contribution in [0.1, 0.15) is 0 Å². The first kappa shape index (κ1) is 15.6. The summed E-state index contributed by atoms with van der Waals surface area (Å²) in [6.07, 6.45) is 8.78. The van der Waals surface area contributed by atoms with Crippen molar-refractivity contribution in [2.24, 2.45) is 11.8 Å². The van der Waals surface area contributed by atoms with E-state index < -0.39 is 0 Å². The van der Waals surface area contributed by atoms with Crippen LogP contribution in [-0.4, -0.2) is 50.9 Å². The minimum Gasteiger partial charge on any atom is -0.370 e. The highest BCUT2D eigenvalue weighted by molar-refractivity contribution is 6.33. The van der Waals surface area contributed by atoms with Gasteiger partial charge < -0.3 is 9.80 Å². The van der Waals surface area contributed by atoms with Crippen LogP contribution in [0.4, 0.5) is 11.5 Å². The van der Waals surface area contributed by atoms with Gasteiger partial charge in [-0.1, -0.05) is 11.6 Å². The number of halogens is 1. The first-order chi connectivity index (χ1) is 12.8. The molecule has 3 aromatic heterocycles. The Labute approximate surface area is 156 Å². The Morgan fingerprint density at radius 2 is 1.73 bits per heavy atom. The summed E-state index contributed by atoms with van der Waals surface area (Å²) in [5, 5.41) is 4.97. The highest BCUT2D eigenvalue weighted by Gasteiger charge is 2.41. The number of fused-ring (bicyclic) bond motifs is 1. The minimum absolute atomic E-state index is 0.613. The van der Waals surface area contributed by atoms with Gasteiger partial charge in [-0.15, -0.1) is 0 Å². The molecule has 5 heterocycles. The van der Waals surface area contributed by atoms with Gasteiger partial charge in [0.2, 0.25) is 0 Å². The molecule has 0 aliphatic carbocycles. The van der Waals surface area contributed by atoms with Crippen molar-refractivity contribution in [2.45, 2.75) is 0 Å². The molecule has 0 bridgehead atoms. The SMILES string of the molecule is Clc1cnccc1N1CC2CN(c3cc(-n4cccn4)ncn3)CC2C1. The van der Waals surface area contributed by atoms with Crippen LogP contribution in [0.2, 0.25) is 5.02 Å². The second-order valence-corrected chi connectivity index (χ2v) is 7.25. The van der Waals surface area contributed by atoms with Gasteiger partial charge in [-0.05, 0) is 12.1 Å². The lowest BCUT2D eigenvalue weighted by Crippen LogP contribution is -2.29. The molecule has 3 aromatic rings. The lowest BCUT2D eigenvalue weighted by Gasteiger charge is -2.24. The second kappa shape index (κ2) is 6.25. The number of anilines is 2. The van der Waals surface area contributed by atoms with Crippen molar-refractivity contribution in [3.8, 4) is 5.82 Å². The summed E-state index contributed by atoms with van der Waals surface area (Å²) in [6.45, 7) is 4.03. The summed E-state index contributed by atoms with van der Waals surface area (Å²) in [7, 11) is 0. The zero-order valence-electron chi connectivity index (χ0n) is 14.1. The molecule has 5 rings (SSSR count). The summed E-state index contributed by atoms with van der Waals surface area (Å²) in [5.74, 6) is 2.99. The first-order valence-corrected chi connectivity index (χ1v) is 9.07. The quantitative estimate of drug-likeness (QED) is 0.707. The van der Waals surface area contributed by atoms with E-state index in [-0.39, 0.29) is 0 Å². The van der Waals surface area contributed by atoms with Gasteiger partial charge in [-0.25, -0.2) is 14.6 Å². The molecule has 2 aliphatic heterocycles. The Balaban J connectivity index is 1.31. The lowest BCUT2D eigenvalue weighted by atomic mass is 10.0. The summed E-state index contributed by atoms with van der Waals surface area (Å²) < 4.78 is 1.76. The summed E-state index contributed by atoms with van der Waals surface area (Å²) in [5.41, 5.74) is 1.09. The molecule has 0 spiro atoms. The highest BCUT2D eigenvalue weighted by Crippen LogP contribution is 2.37. The van der Waals surface area contributed by atoms with E-state index in [4.69, 9.17) is 11.6 Å². The Morgan fingerprint density at radius 3 is 2.46 bits per heavy atom. The molecule has 26 heavy (non-hydrogen) atoms. The number of aromatic nitrogens is 5. The van der Waals surface area contributed by atoms with Gasteiger partial charge in [-0.2, -0.15) is 5.10 Å². The van der Waals surface area contributed by atoms with E-state index in [1.54, 1.807) is 29.6 Å². The van der Waals surface area contributed by atoms with E-state index >= 15 is 0 Å². The summed E-state index contributed by atoms with van der Waals surface area (Å²) >= 11 is 6.31. The zero-order valence-corrected chi connectivity index (χ0v) is 14.9. The van der Waals surface area contributed by atoms with Gasteiger partial charge >= 0.3 is 0 Å². The number of hydrogen-bond donors (Lipinski definition) is 0. The van der Waals surface area contributed by atoms with Crippen LogP contribution < -0.4 is 9.80 Å². The fourth-order valence-electron chi connectivity index (χ4n) is 4.04. The fourth-order valence-corrected chi connectivity index (χ4v) is 4.28. The van der Waals surface area contributed by atoms with Crippen molar-refractivity contribution < 1.29 is 0 Å². The van der Waals surface area contributed by atoms with E-state index in [9.17, 15) is 0 Å². The van der Waals surface area contributed by atoms with E-state index in [1.165, 1.54) is 0 Å². The predicted octanol–water partition coefficient (Wildman–Crippen LogP) is 2.28. The normalized spacial score (nSPS) is 22.0. The smallest absolute Gasteiger partial charge is 0.158 e. The zero-order chi connectivity index (χ0) is 17.5. The van der Waals surface area contributed by atoms with Crippen molar-refractivity contribution >= 4 is 23.1 Å². The summed E-state index contributed by atoms with van der Waals surface area (Å²) in [6, 6.07) is 5.90. The number of pyridine rings is 1. The molecule has 8 heteroatoms. The monoisotopic (exact) mass is 367 g/mol.